The van der Waals surface area contributed by atoms with Crippen molar-refractivity contribution in [1.29, 1.82) is 0 Å². The van der Waals surface area contributed by atoms with E-state index in [1.165, 1.54) is 5.57 Å². The van der Waals surface area contributed by atoms with Crippen LogP contribution in [0, 0.1) is 0 Å². The van der Waals surface area contributed by atoms with E-state index in [-0.39, 0.29) is 0 Å². The molecule has 0 saturated carbocycles. The third kappa shape index (κ3) is 4.39. The second-order valence-electron chi connectivity index (χ2n) is 3.46. The van der Waals surface area contributed by atoms with E-state index in [0.29, 0.717) is 5.75 Å². The molecule has 1 N–H and O–H groups in total. The molecule has 1 atom stereocenters. The Morgan fingerprint density at radius 2 is 2.08 bits per heavy atom. The van der Waals surface area contributed by atoms with E-state index < -0.39 is 11.1 Å². The molecule has 0 fully saturated rings. The molecule has 0 aromatic rings. The molecule has 0 aliphatic heterocycles. The van der Waals surface area contributed by atoms with E-state index in [1.807, 2.05) is 0 Å². The van der Waals surface area contributed by atoms with Crippen LogP contribution in [0.25, 0.3) is 0 Å². The van der Waals surface area contributed by atoms with Gasteiger partial charge in [-0.05, 0) is 32.6 Å². The van der Waals surface area contributed by atoms with E-state index in [2.05, 4.69) is 19.1 Å². The monoisotopic (exact) mass is 200 g/mol. The van der Waals surface area contributed by atoms with Crippen molar-refractivity contribution < 1.29 is 8.76 Å². The molecule has 0 spiro atoms. The van der Waals surface area contributed by atoms with Crippen LogP contribution < -0.4 is 0 Å². The molecule has 0 amide bonds. The Morgan fingerprint density at radius 1 is 1.38 bits per heavy atom. The Kier molecular flexibility index (Phi) is 4.39. The van der Waals surface area contributed by atoms with Crippen molar-refractivity contribution in [3.8, 4) is 0 Å². The van der Waals surface area contributed by atoms with Crippen molar-refractivity contribution in [2.24, 2.45) is 0 Å². The quantitative estimate of drug-likeness (QED) is 0.549. The van der Waals surface area contributed by atoms with Crippen molar-refractivity contribution in [1.82, 2.24) is 0 Å². The van der Waals surface area contributed by atoms with Gasteiger partial charge in [0.05, 0.1) is 5.75 Å². The van der Waals surface area contributed by atoms with E-state index in [4.69, 9.17) is 4.55 Å². The maximum atomic E-state index is 10.6. The van der Waals surface area contributed by atoms with Gasteiger partial charge in [0.2, 0.25) is 0 Å². The summed E-state index contributed by atoms with van der Waals surface area (Å²) < 4.78 is 19.3. The molecule has 0 saturated heterocycles. The largest absolute Gasteiger partial charge is 0.306 e. The lowest BCUT2D eigenvalue weighted by molar-refractivity contribution is 0.566. The second kappa shape index (κ2) is 5.35. The number of hydrogen-bond acceptors (Lipinski definition) is 1. The standard InChI is InChI=1S/C10H16O2S/c1-9-4-2-6-10(7-3-5-9)8-13(11)12/h4,7H,2-3,5-6,8H2,1H3,(H,11,12). The van der Waals surface area contributed by atoms with Crippen LogP contribution in [-0.4, -0.2) is 14.5 Å². The average molecular weight is 200 g/mol. The molecule has 0 bridgehead atoms. The van der Waals surface area contributed by atoms with Crippen molar-refractivity contribution in [3.63, 3.8) is 0 Å². The zero-order chi connectivity index (χ0) is 9.68. The van der Waals surface area contributed by atoms with E-state index in [1.54, 1.807) is 0 Å². The second-order valence-corrected chi connectivity index (χ2v) is 4.39. The van der Waals surface area contributed by atoms with E-state index in [9.17, 15) is 4.21 Å². The van der Waals surface area contributed by atoms with Crippen LogP contribution >= 0.6 is 0 Å². The van der Waals surface area contributed by atoms with Gasteiger partial charge in [-0.15, -0.1) is 0 Å². The highest BCUT2D eigenvalue weighted by atomic mass is 32.2. The summed E-state index contributed by atoms with van der Waals surface area (Å²) in [6, 6.07) is 0. The molecular formula is C10H16O2S. The molecule has 0 aromatic heterocycles. The SMILES string of the molecule is CC1=CCCC(CS(=O)O)=CCC1. The van der Waals surface area contributed by atoms with Crippen LogP contribution in [0.4, 0.5) is 0 Å². The fourth-order valence-corrected chi connectivity index (χ4v) is 2.08. The Morgan fingerprint density at radius 3 is 2.77 bits per heavy atom. The number of hydrogen-bond donors (Lipinski definition) is 1. The number of rotatable bonds is 2. The zero-order valence-corrected chi connectivity index (χ0v) is 8.77. The lowest BCUT2D eigenvalue weighted by Crippen LogP contribution is -2.00. The topological polar surface area (TPSA) is 37.3 Å². The van der Waals surface area contributed by atoms with Crippen molar-refractivity contribution in [3.05, 3.63) is 23.3 Å². The third-order valence-corrected chi connectivity index (χ3v) is 2.86. The fourth-order valence-electron chi connectivity index (χ4n) is 1.50. The summed E-state index contributed by atoms with van der Waals surface area (Å²) in [5.41, 5.74) is 2.56. The van der Waals surface area contributed by atoms with Crippen LogP contribution in [0.2, 0.25) is 0 Å². The highest BCUT2D eigenvalue weighted by Crippen LogP contribution is 2.16. The van der Waals surface area contributed by atoms with Crippen LogP contribution in [0.3, 0.4) is 0 Å². The lowest BCUT2D eigenvalue weighted by atomic mass is 10.0. The van der Waals surface area contributed by atoms with Gasteiger partial charge in [0.25, 0.3) is 0 Å². The molecular weight excluding hydrogens is 184 g/mol. The summed E-state index contributed by atoms with van der Waals surface area (Å²) in [7, 11) is 0. The molecule has 1 rings (SSSR count). The van der Waals surface area contributed by atoms with Gasteiger partial charge in [0, 0.05) is 0 Å². The Labute approximate surface area is 82.0 Å². The highest BCUT2D eigenvalue weighted by molar-refractivity contribution is 7.79. The first-order valence-electron chi connectivity index (χ1n) is 4.59. The zero-order valence-electron chi connectivity index (χ0n) is 7.95. The molecule has 0 radical (unpaired) electrons. The summed E-state index contributed by atoms with van der Waals surface area (Å²) in [5.74, 6) is 0.326. The summed E-state index contributed by atoms with van der Waals surface area (Å²) in [6.07, 6.45) is 8.38. The van der Waals surface area contributed by atoms with Crippen molar-refractivity contribution in [2.75, 3.05) is 5.75 Å². The minimum atomic E-state index is -1.67. The molecule has 3 heteroatoms. The predicted octanol–water partition coefficient (Wildman–Crippen LogP) is 2.65. The molecule has 1 aliphatic carbocycles. The smallest absolute Gasteiger partial charge is 0.156 e. The Hall–Kier alpha value is -0.410. The maximum Gasteiger partial charge on any atom is 0.156 e. The first kappa shape index (κ1) is 10.7. The Balaban J connectivity index is 2.49. The minimum absolute atomic E-state index is 0.326. The molecule has 2 nitrogen and oxygen atoms in total. The highest BCUT2D eigenvalue weighted by Gasteiger charge is 2.03. The summed E-state index contributed by atoms with van der Waals surface area (Å²) in [6.45, 7) is 2.14. The Bertz CT molecular complexity index is 254. The van der Waals surface area contributed by atoms with Gasteiger partial charge in [-0.1, -0.05) is 23.3 Å². The maximum absolute atomic E-state index is 10.6. The summed E-state index contributed by atoms with van der Waals surface area (Å²) in [5, 5.41) is 0. The third-order valence-electron chi connectivity index (χ3n) is 2.24. The molecule has 13 heavy (non-hydrogen) atoms. The lowest BCUT2D eigenvalue weighted by Gasteiger charge is -2.08. The molecule has 0 aromatic carbocycles. The van der Waals surface area contributed by atoms with Crippen molar-refractivity contribution >= 4 is 11.1 Å². The molecule has 1 aliphatic rings. The first-order valence-corrected chi connectivity index (χ1v) is 5.87. The van der Waals surface area contributed by atoms with Gasteiger partial charge >= 0.3 is 0 Å². The van der Waals surface area contributed by atoms with Gasteiger partial charge in [-0.2, -0.15) is 0 Å². The predicted molar refractivity (Wildman–Crippen MR) is 55.9 cm³/mol. The average Bonchev–Trinajstić information content (AvgIpc) is 1.99. The van der Waals surface area contributed by atoms with Gasteiger partial charge in [0.1, 0.15) is 0 Å². The van der Waals surface area contributed by atoms with Crippen LogP contribution in [-0.2, 0) is 11.1 Å². The normalized spacial score (nSPS) is 21.1. The van der Waals surface area contributed by atoms with Crippen LogP contribution in [0.5, 0.6) is 0 Å². The number of allylic oxidation sites excluding steroid dienone is 3. The van der Waals surface area contributed by atoms with E-state index >= 15 is 0 Å². The fraction of sp³-hybridized carbons (Fsp3) is 0.600. The van der Waals surface area contributed by atoms with Gasteiger partial charge < -0.3 is 4.55 Å². The molecule has 1 unspecified atom stereocenters. The molecule has 0 heterocycles. The van der Waals surface area contributed by atoms with Gasteiger partial charge in [0.15, 0.2) is 11.1 Å². The van der Waals surface area contributed by atoms with Crippen LogP contribution in [0.15, 0.2) is 23.3 Å². The van der Waals surface area contributed by atoms with Gasteiger partial charge in [-0.3, -0.25) is 0 Å². The summed E-state index contributed by atoms with van der Waals surface area (Å²) in [4.78, 5) is 0. The molecule has 74 valence electrons. The minimum Gasteiger partial charge on any atom is -0.306 e. The van der Waals surface area contributed by atoms with Crippen molar-refractivity contribution in [2.45, 2.75) is 32.6 Å². The summed E-state index contributed by atoms with van der Waals surface area (Å²) >= 11 is -1.67. The van der Waals surface area contributed by atoms with Crippen LogP contribution in [0.1, 0.15) is 32.6 Å². The first-order chi connectivity index (χ1) is 6.18. The van der Waals surface area contributed by atoms with E-state index in [0.717, 1.165) is 31.3 Å². The van der Waals surface area contributed by atoms with Gasteiger partial charge in [-0.25, -0.2) is 4.21 Å².